The first-order valence-corrected chi connectivity index (χ1v) is 10.7. The summed E-state index contributed by atoms with van der Waals surface area (Å²) in [6, 6.07) is 11.4. The summed E-state index contributed by atoms with van der Waals surface area (Å²) in [6.07, 6.45) is 1.36. The Balaban J connectivity index is 1.80. The fraction of sp³-hybridized carbons (Fsp3) is 0.125. The molecule has 2 heterocycles. The van der Waals surface area contributed by atoms with Gasteiger partial charge >= 0.3 is 6.03 Å². The van der Waals surface area contributed by atoms with Gasteiger partial charge in [0.2, 0.25) is 0 Å². The number of imide groups is 2. The summed E-state index contributed by atoms with van der Waals surface area (Å²) in [6.45, 7) is 3.45. The van der Waals surface area contributed by atoms with Gasteiger partial charge in [0.15, 0.2) is 0 Å². The number of anilines is 1. The molecule has 0 unspecified atom stereocenters. The number of nitro benzene ring substituents is 1. The molecule has 10 nitrogen and oxygen atoms in total. The summed E-state index contributed by atoms with van der Waals surface area (Å²) in [5.74, 6) is -1.33. The van der Waals surface area contributed by atoms with Crippen molar-refractivity contribution < 1.29 is 24.0 Å². The number of carbonyl (C=O) groups is 3. The highest BCUT2D eigenvalue weighted by Gasteiger charge is 2.37. The highest BCUT2D eigenvalue weighted by molar-refractivity contribution is 6.39. The maximum absolute atomic E-state index is 13.2. The van der Waals surface area contributed by atoms with Gasteiger partial charge in [0.1, 0.15) is 17.0 Å². The van der Waals surface area contributed by atoms with Gasteiger partial charge in [0.05, 0.1) is 23.8 Å². The van der Waals surface area contributed by atoms with Crippen molar-refractivity contribution in [1.29, 1.82) is 0 Å². The number of hydrogen-bond acceptors (Lipinski definition) is 6. The lowest BCUT2D eigenvalue weighted by atomic mass is 10.1. The summed E-state index contributed by atoms with van der Waals surface area (Å²) < 4.78 is 6.75. The van der Waals surface area contributed by atoms with Crippen LogP contribution in [0.1, 0.15) is 17.0 Å². The summed E-state index contributed by atoms with van der Waals surface area (Å²) in [4.78, 5) is 50.2. The van der Waals surface area contributed by atoms with E-state index in [0.717, 1.165) is 4.90 Å². The number of aromatic nitrogens is 1. The Labute approximate surface area is 204 Å². The molecule has 1 fully saturated rings. The van der Waals surface area contributed by atoms with Gasteiger partial charge in [-0.2, -0.15) is 0 Å². The summed E-state index contributed by atoms with van der Waals surface area (Å²) in [5, 5.41) is 14.2. The van der Waals surface area contributed by atoms with E-state index >= 15 is 0 Å². The third-order valence-corrected chi connectivity index (χ3v) is 5.79. The smallest absolute Gasteiger partial charge is 0.335 e. The molecule has 1 N–H and O–H groups in total. The Morgan fingerprint density at radius 1 is 1.09 bits per heavy atom. The molecular formula is C24H19ClN4O6. The number of nitrogens with zero attached hydrogens (tertiary/aromatic N) is 3. The number of nitrogens with one attached hydrogen (secondary N) is 1. The minimum Gasteiger partial charge on any atom is -0.496 e. The summed E-state index contributed by atoms with van der Waals surface area (Å²) in [5.41, 5.74) is 1.72. The number of barbiturate groups is 1. The fourth-order valence-corrected chi connectivity index (χ4v) is 4.12. The van der Waals surface area contributed by atoms with Crippen molar-refractivity contribution >= 4 is 46.9 Å². The molecule has 4 rings (SSSR count). The van der Waals surface area contributed by atoms with Crippen molar-refractivity contribution in [2.75, 3.05) is 12.0 Å². The molecule has 1 aromatic heterocycles. The molecule has 0 aliphatic carbocycles. The van der Waals surface area contributed by atoms with E-state index in [2.05, 4.69) is 5.32 Å². The zero-order valence-corrected chi connectivity index (χ0v) is 19.6. The van der Waals surface area contributed by atoms with Gasteiger partial charge in [-0.05, 0) is 61.9 Å². The minimum absolute atomic E-state index is 0.172. The van der Waals surface area contributed by atoms with Crippen LogP contribution in [-0.4, -0.2) is 34.4 Å². The number of benzene rings is 2. The Morgan fingerprint density at radius 3 is 2.49 bits per heavy atom. The van der Waals surface area contributed by atoms with E-state index in [1.165, 1.54) is 31.4 Å². The Kier molecular flexibility index (Phi) is 6.14. The number of ether oxygens (including phenoxy) is 1. The van der Waals surface area contributed by atoms with Crippen molar-refractivity contribution in [2.24, 2.45) is 0 Å². The van der Waals surface area contributed by atoms with Crippen molar-refractivity contribution in [3.63, 3.8) is 0 Å². The fourth-order valence-electron chi connectivity index (χ4n) is 3.93. The largest absolute Gasteiger partial charge is 0.496 e. The number of amides is 4. The number of nitro groups is 1. The highest BCUT2D eigenvalue weighted by atomic mass is 35.5. The Hall–Kier alpha value is -4.44. The molecule has 0 spiro atoms. The first-order valence-electron chi connectivity index (χ1n) is 10.3. The third-order valence-electron chi connectivity index (χ3n) is 5.56. The predicted octanol–water partition coefficient (Wildman–Crippen LogP) is 4.33. The summed E-state index contributed by atoms with van der Waals surface area (Å²) in [7, 11) is 1.42. The van der Waals surface area contributed by atoms with E-state index in [9.17, 15) is 24.5 Å². The van der Waals surface area contributed by atoms with Crippen LogP contribution in [0.15, 0.2) is 54.1 Å². The van der Waals surface area contributed by atoms with Crippen molar-refractivity contribution in [2.45, 2.75) is 13.8 Å². The Bertz CT molecular complexity index is 1440. The van der Waals surface area contributed by atoms with E-state index in [4.69, 9.17) is 16.3 Å². The quantitative estimate of drug-likeness (QED) is 0.243. The Morgan fingerprint density at radius 2 is 1.83 bits per heavy atom. The van der Waals surface area contributed by atoms with Crippen molar-refractivity contribution in [1.82, 2.24) is 9.88 Å². The first kappa shape index (κ1) is 23.7. The molecule has 178 valence electrons. The standard InChI is InChI=1S/C24H19ClN4O6/c1-13-9-15(14(2)27(13)20-8-7-18(35-3)12-21(20)29(33)34)10-19-22(30)26-24(32)28(23(19)31)17-6-4-5-16(25)11-17/h4-12H,1-3H3,(H,26,30,32)/b19-10-. The van der Waals surface area contributed by atoms with E-state index in [1.807, 2.05) is 0 Å². The number of methoxy groups -OCH3 is 1. The van der Waals surface area contributed by atoms with Crippen LogP contribution in [0.4, 0.5) is 16.2 Å². The van der Waals surface area contributed by atoms with Crippen molar-refractivity contribution in [3.05, 3.63) is 86.2 Å². The van der Waals surface area contributed by atoms with Crippen LogP contribution < -0.4 is 15.0 Å². The molecule has 0 bridgehead atoms. The second kappa shape index (κ2) is 9.07. The third kappa shape index (κ3) is 4.26. The number of carbonyl (C=O) groups excluding carboxylic acids is 3. The van der Waals surface area contributed by atoms with Gasteiger partial charge in [-0.1, -0.05) is 17.7 Å². The van der Waals surface area contributed by atoms with Crippen LogP contribution >= 0.6 is 11.6 Å². The van der Waals surface area contributed by atoms with Crippen molar-refractivity contribution in [3.8, 4) is 11.4 Å². The maximum Gasteiger partial charge on any atom is 0.335 e. The molecule has 11 heteroatoms. The lowest BCUT2D eigenvalue weighted by molar-refractivity contribution is -0.384. The molecule has 3 aromatic rings. The molecule has 0 radical (unpaired) electrons. The SMILES string of the molecule is COc1ccc(-n2c(C)cc(/C=C3/C(=O)NC(=O)N(c4cccc(Cl)c4)C3=O)c2C)c([N+](=O)[O-])c1. The molecule has 1 aliphatic heterocycles. The van der Waals surface area contributed by atoms with E-state index in [-0.39, 0.29) is 16.9 Å². The number of aryl methyl sites for hydroxylation is 1. The monoisotopic (exact) mass is 494 g/mol. The second-order valence-corrected chi connectivity index (χ2v) is 8.15. The molecule has 0 atom stereocenters. The molecule has 0 saturated carbocycles. The maximum atomic E-state index is 13.2. The zero-order valence-electron chi connectivity index (χ0n) is 18.9. The molecule has 1 aliphatic rings. The second-order valence-electron chi connectivity index (χ2n) is 7.71. The first-order chi connectivity index (χ1) is 16.6. The van der Waals surface area contributed by atoms with E-state index in [1.54, 1.807) is 48.7 Å². The van der Waals surface area contributed by atoms with Crippen LogP contribution in [0, 0.1) is 24.0 Å². The van der Waals surface area contributed by atoms with Gasteiger partial charge in [-0.15, -0.1) is 0 Å². The predicted molar refractivity (Wildman–Crippen MR) is 129 cm³/mol. The topological polar surface area (TPSA) is 124 Å². The van der Waals surface area contributed by atoms with Gasteiger partial charge in [0.25, 0.3) is 17.5 Å². The molecular weight excluding hydrogens is 476 g/mol. The lowest BCUT2D eigenvalue weighted by Crippen LogP contribution is -2.54. The van der Waals surface area contributed by atoms with Gasteiger partial charge < -0.3 is 9.30 Å². The van der Waals surface area contributed by atoms with Gasteiger partial charge in [-0.25, -0.2) is 9.69 Å². The van der Waals surface area contributed by atoms with Crippen LogP contribution in [0.5, 0.6) is 5.75 Å². The number of rotatable bonds is 5. The highest BCUT2D eigenvalue weighted by Crippen LogP contribution is 2.32. The van der Waals surface area contributed by atoms with Crippen LogP contribution in [0.25, 0.3) is 11.8 Å². The number of urea groups is 1. The molecule has 35 heavy (non-hydrogen) atoms. The van der Waals surface area contributed by atoms with E-state index in [0.29, 0.717) is 33.4 Å². The number of halogens is 1. The van der Waals surface area contributed by atoms with Crippen LogP contribution in [0.3, 0.4) is 0 Å². The lowest BCUT2D eigenvalue weighted by Gasteiger charge is -2.26. The average molecular weight is 495 g/mol. The van der Waals surface area contributed by atoms with Gasteiger partial charge in [-0.3, -0.25) is 25.0 Å². The van der Waals surface area contributed by atoms with Crippen LogP contribution in [-0.2, 0) is 9.59 Å². The van der Waals surface area contributed by atoms with Gasteiger partial charge in [0, 0.05) is 16.4 Å². The minimum atomic E-state index is -0.890. The molecule has 1 saturated heterocycles. The summed E-state index contributed by atoms with van der Waals surface area (Å²) >= 11 is 6.00. The molecule has 2 aromatic carbocycles. The number of hydrogen-bond donors (Lipinski definition) is 1. The molecule has 4 amide bonds. The zero-order chi connectivity index (χ0) is 25.4. The van der Waals surface area contributed by atoms with E-state index < -0.39 is 22.8 Å². The van der Waals surface area contributed by atoms with Crippen LogP contribution in [0.2, 0.25) is 5.02 Å². The average Bonchev–Trinajstić information content (AvgIpc) is 3.08. The normalized spacial score (nSPS) is 14.9.